The molecular formula is C16H21FN2. The number of nitrogens with one attached hydrogen (secondary N) is 1. The Bertz CT molecular complexity index is 478. The monoisotopic (exact) mass is 260 g/mol. The first-order chi connectivity index (χ1) is 9.10. The minimum absolute atomic E-state index is 0.332. The van der Waals surface area contributed by atoms with E-state index in [9.17, 15) is 4.39 Å². The van der Waals surface area contributed by atoms with E-state index in [-0.39, 0.29) is 5.82 Å². The minimum atomic E-state index is -0.332. The van der Waals surface area contributed by atoms with Crippen LogP contribution < -0.4 is 5.32 Å². The molecule has 0 aromatic heterocycles. The van der Waals surface area contributed by atoms with Gasteiger partial charge >= 0.3 is 0 Å². The van der Waals surface area contributed by atoms with Crippen LogP contribution in [0.3, 0.4) is 0 Å². The molecule has 0 saturated heterocycles. The molecule has 0 aliphatic heterocycles. The first-order valence-corrected chi connectivity index (χ1v) is 7.03. The van der Waals surface area contributed by atoms with Gasteiger partial charge in [-0.1, -0.05) is 26.7 Å². The molecular weight excluding hydrogens is 239 g/mol. The Hall–Kier alpha value is -1.40. The molecule has 102 valence electrons. The zero-order valence-electron chi connectivity index (χ0n) is 11.6. The Labute approximate surface area is 114 Å². The van der Waals surface area contributed by atoms with Gasteiger partial charge in [-0.15, -0.1) is 0 Å². The van der Waals surface area contributed by atoms with Crippen LogP contribution in [0.4, 0.5) is 4.39 Å². The van der Waals surface area contributed by atoms with E-state index >= 15 is 0 Å². The first kappa shape index (κ1) is 14.0. The predicted octanol–water partition coefficient (Wildman–Crippen LogP) is 3.61. The van der Waals surface area contributed by atoms with Crippen LogP contribution in [-0.4, -0.2) is 6.04 Å². The van der Waals surface area contributed by atoms with Crippen molar-refractivity contribution in [3.05, 3.63) is 35.1 Å². The van der Waals surface area contributed by atoms with Crippen LogP contribution in [0.2, 0.25) is 0 Å². The average Bonchev–Trinajstić information content (AvgIpc) is 2.40. The highest BCUT2D eigenvalue weighted by Crippen LogP contribution is 2.29. The van der Waals surface area contributed by atoms with Crippen molar-refractivity contribution in [2.24, 2.45) is 11.8 Å². The fraction of sp³-hybridized carbons (Fsp3) is 0.562. The van der Waals surface area contributed by atoms with E-state index in [0.29, 0.717) is 24.1 Å². The summed E-state index contributed by atoms with van der Waals surface area (Å²) in [6.45, 7) is 5.22. The van der Waals surface area contributed by atoms with E-state index in [1.165, 1.54) is 31.4 Å². The van der Waals surface area contributed by atoms with Crippen molar-refractivity contribution in [1.29, 1.82) is 5.26 Å². The summed E-state index contributed by atoms with van der Waals surface area (Å²) in [5.74, 6) is 1.06. The van der Waals surface area contributed by atoms with Crippen molar-refractivity contribution in [3.63, 3.8) is 0 Å². The van der Waals surface area contributed by atoms with E-state index in [1.807, 2.05) is 6.07 Å². The Kier molecular flexibility index (Phi) is 4.55. The van der Waals surface area contributed by atoms with Gasteiger partial charge < -0.3 is 5.32 Å². The van der Waals surface area contributed by atoms with Crippen molar-refractivity contribution in [3.8, 4) is 6.07 Å². The second kappa shape index (κ2) is 6.16. The minimum Gasteiger partial charge on any atom is -0.310 e. The maximum atomic E-state index is 13.3. The SMILES string of the molecule is CC1CCCC(NCc2cc(F)cc(C#N)c2)C1C. The van der Waals surface area contributed by atoms with Crippen molar-refractivity contribution >= 4 is 0 Å². The van der Waals surface area contributed by atoms with E-state index in [2.05, 4.69) is 19.2 Å². The summed E-state index contributed by atoms with van der Waals surface area (Å²) in [5, 5.41) is 12.4. The highest BCUT2D eigenvalue weighted by Gasteiger charge is 2.26. The summed E-state index contributed by atoms with van der Waals surface area (Å²) in [6, 6.07) is 7.03. The lowest BCUT2D eigenvalue weighted by Crippen LogP contribution is -2.40. The molecule has 3 atom stereocenters. The molecule has 3 heteroatoms. The van der Waals surface area contributed by atoms with Gasteiger partial charge in [0, 0.05) is 12.6 Å². The molecule has 1 N–H and O–H groups in total. The lowest BCUT2D eigenvalue weighted by atomic mass is 9.78. The summed E-state index contributed by atoms with van der Waals surface area (Å²) in [6.07, 6.45) is 3.75. The Morgan fingerprint density at radius 3 is 2.84 bits per heavy atom. The van der Waals surface area contributed by atoms with Gasteiger partial charge in [0.05, 0.1) is 11.6 Å². The highest BCUT2D eigenvalue weighted by atomic mass is 19.1. The maximum Gasteiger partial charge on any atom is 0.124 e. The normalized spacial score (nSPS) is 26.9. The molecule has 1 saturated carbocycles. The largest absolute Gasteiger partial charge is 0.310 e. The molecule has 1 aliphatic rings. The number of benzene rings is 1. The summed E-state index contributed by atoms with van der Waals surface area (Å²) >= 11 is 0. The number of nitrogens with zero attached hydrogens (tertiary/aromatic N) is 1. The lowest BCUT2D eigenvalue weighted by Gasteiger charge is -2.34. The third kappa shape index (κ3) is 3.54. The second-order valence-corrected chi connectivity index (χ2v) is 5.71. The quantitative estimate of drug-likeness (QED) is 0.901. The molecule has 1 fully saturated rings. The molecule has 3 unspecified atom stereocenters. The van der Waals surface area contributed by atoms with E-state index in [1.54, 1.807) is 6.07 Å². The van der Waals surface area contributed by atoms with Gasteiger partial charge in [-0.25, -0.2) is 4.39 Å². The number of rotatable bonds is 3. The maximum absolute atomic E-state index is 13.3. The fourth-order valence-corrected chi connectivity index (χ4v) is 2.94. The topological polar surface area (TPSA) is 35.8 Å². The van der Waals surface area contributed by atoms with Gasteiger partial charge in [0.2, 0.25) is 0 Å². The molecule has 0 bridgehead atoms. The van der Waals surface area contributed by atoms with Gasteiger partial charge in [0.25, 0.3) is 0 Å². The van der Waals surface area contributed by atoms with Gasteiger partial charge in [-0.2, -0.15) is 5.26 Å². The average molecular weight is 260 g/mol. The van der Waals surface area contributed by atoms with E-state index < -0.39 is 0 Å². The standard InChI is InChI=1S/C16H21FN2/c1-11-4-3-5-16(12(11)2)19-10-14-6-13(9-18)7-15(17)8-14/h6-8,11-12,16,19H,3-5,10H2,1-2H3. The van der Waals surface area contributed by atoms with Crippen molar-refractivity contribution < 1.29 is 4.39 Å². The van der Waals surface area contributed by atoms with Gasteiger partial charge in [-0.05, 0) is 42.0 Å². The van der Waals surface area contributed by atoms with Crippen LogP contribution in [0, 0.1) is 29.0 Å². The molecule has 1 aromatic rings. The number of nitriles is 1. The molecule has 0 amide bonds. The van der Waals surface area contributed by atoms with Crippen LogP contribution in [0.15, 0.2) is 18.2 Å². The van der Waals surface area contributed by atoms with E-state index in [4.69, 9.17) is 5.26 Å². The van der Waals surface area contributed by atoms with Crippen LogP contribution in [0.1, 0.15) is 44.2 Å². The van der Waals surface area contributed by atoms with Crippen LogP contribution in [0.5, 0.6) is 0 Å². The number of hydrogen-bond donors (Lipinski definition) is 1. The Morgan fingerprint density at radius 1 is 1.32 bits per heavy atom. The number of hydrogen-bond acceptors (Lipinski definition) is 2. The summed E-state index contributed by atoms with van der Waals surface area (Å²) < 4.78 is 13.3. The van der Waals surface area contributed by atoms with Crippen molar-refractivity contribution in [2.45, 2.75) is 45.7 Å². The first-order valence-electron chi connectivity index (χ1n) is 7.03. The molecule has 0 heterocycles. The lowest BCUT2D eigenvalue weighted by molar-refractivity contribution is 0.206. The summed E-state index contributed by atoms with van der Waals surface area (Å²) in [5.41, 5.74) is 1.24. The summed E-state index contributed by atoms with van der Waals surface area (Å²) in [7, 11) is 0. The second-order valence-electron chi connectivity index (χ2n) is 5.71. The third-order valence-electron chi connectivity index (χ3n) is 4.36. The van der Waals surface area contributed by atoms with Gasteiger partial charge in [0.1, 0.15) is 5.82 Å². The smallest absolute Gasteiger partial charge is 0.124 e. The predicted molar refractivity (Wildman–Crippen MR) is 73.9 cm³/mol. The molecule has 1 aromatic carbocycles. The molecule has 0 radical (unpaired) electrons. The molecule has 2 rings (SSSR count). The van der Waals surface area contributed by atoms with Gasteiger partial charge in [-0.3, -0.25) is 0 Å². The molecule has 2 nitrogen and oxygen atoms in total. The fourth-order valence-electron chi connectivity index (χ4n) is 2.94. The Balaban J connectivity index is 1.99. The van der Waals surface area contributed by atoms with E-state index in [0.717, 1.165) is 11.5 Å². The number of halogens is 1. The Morgan fingerprint density at radius 2 is 2.11 bits per heavy atom. The molecule has 1 aliphatic carbocycles. The van der Waals surface area contributed by atoms with Crippen LogP contribution in [0.25, 0.3) is 0 Å². The molecule has 19 heavy (non-hydrogen) atoms. The molecule has 0 spiro atoms. The zero-order valence-corrected chi connectivity index (χ0v) is 11.6. The van der Waals surface area contributed by atoms with Crippen molar-refractivity contribution in [2.75, 3.05) is 0 Å². The van der Waals surface area contributed by atoms with Crippen LogP contribution in [-0.2, 0) is 6.54 Å². The van der Waals surface area contributed by atoms with Crippen molar-refractivity contribution in [1.82, 2.24) is 5.32 Å². The zero-order chi connectivity index (χ0) is 13.8. The third-order valence-corrected chi connectivity index (χ3v) is 4.36. The summed E-state index contributed by atoms with van der Waals surface area (Å²) in [4.78, 5) is 0. The van der Waals surface area contributed by atoms with Crippen LogP contribution >= 0.6 is 0 Å². The van der Waals surface area contributed by atoms with Gasteiger partial charge in [0.15, 0.2) is 0 Å². The highest BCUT2D eigenvalue weighted by molar-refractivity contribution is 5.33.